The van der Waals surface area contributed by atoms with E-state index < -0.39 is 18.5 Å². The van der Waals surface area contributed by atoms with Crippen molar-refractivity contribution < 1.29 is 18.7 Å². The van der Waals surface area contributed by atoms with Crippen molar-refractivity contribution in [3.63, 3.8) is 0 Å². The van der Waals surface area contributed by atoms with E-state index in [0.29, 0.717) is 5.56 Å². The van der Waals surface area contributed by atoms with Gasteiger partial charge in [-0.05, 0) is 47.7 Å². The van der Waals surface area contributed by atoms with Gasteiger partial charge in [-0.2, -0.15) is 0 Å². The van der Waals surface area contributed by atoms with E-state index in [1.54, 1.807) is 12.1 Å². The number of aryl methyl sites for hydroxylation is 1. The van der Waals surface area contributed by atoms with Gasteiger partial charge in [0, 0.05) is 11.8 Å². The number of ether oxygens (including phenoxy) is 1. The number of esters is 1. The number of carbonyl (C=O) groups excluding carboxylic acids is 2. The number of amides is 1. The molecule has 5 heteroatoms. The molecule has 2 aromatic rings. The van der Waals surface area contributed by atoms with Crippen LogP contribution in [0.2, 0.25) is 0 Å². The third-order valence-corrected chi connectivity index (χ3v) is 3.80. The summed E-state index contributed by atoms with van der Waals surface area (Å²) in [5, 5.41) is 2.81. The van der Waals surface area contributed by atoms with Crippen molar-refractivity contribution in [3.8, 4) is 0 Å². The zero-order valence-corrected chi connectivity index (χ0v) is 15.1. The molecular formula is C21H22FNO3. The predicted octanol–water partition coefficient (Wildman–Crippen LogP) is 4.45. The molecule has 4 nitrogen and oxygen atoms in total. The van der Waals surface area contributed by atoms with Crippen LogP contribution in [0.15, 0.2) is 48.5 Å². The van der Waals surface area contributed by atoms with Crippen LogP contribution in [0.25, 0.3) is 6.08 Å². The Morgan fingerprint density at radius 3 is 2.62 bits per heavy atom. The second kappa shape index (κ2) is 8.94. The molecule has 26 heavy (non-hydrogen) atoms. The number of halogens is 1. The Labute approximate surface area is 152 Å². The smallest absolute Gasteiger partial charge is 0.331 e. The molecule has 0 fully saturated rings. The number of rotatable bonds is 6. The highest BCUT2D eigenvalue weighted by molar-refractivity contribution is 5.95. The Balaban J connectivity index is 1.92. The standard InChI is InChI=1S/C21H22FNO3/c1-14(2)18-9-4-6-15(3)21(18)23-19(24)13-26-20(25)11-10-16-7-5-8-17(22)12-16/h4-12,14H,13H2,1-3H3,(H,23,24)/b11-10+. The lowest BCUT2D eigenvalue weighted by Gasteiger charge is -2.16. The first-order valence-electron chi connectivity index (χ1n) is 8.36. The summed E-state index contributed by atoms with van der Waals surface area (Å²) in [6.07, 6.45) is 2.59. The summed E-state index contributed by atoms with van der Waals surface area (Å²) in [7, 11) is 0. The van der Waals surface area contributed by atoms with Gasteiger partial charge in [-0.15, -0.1) is 0 Å². The number of para-hydroxylation sites is 1. The highest BCUT2D eigenvalue weighted by atomic mass is 19.1. The molecule has 0 atom stereocenters. The molecule has 0 radical (unpaired) electrons. The summed E-state index contributed by atoms with van der Waals surface area (Å²) < 4.78 is 18.0. The van der Waals surface area contributed by atoms with Gasteiger partial charge in [-0.25, -0.2) is 9.18 Å². The summed E-state index contributed by atoms with van der Waals surface area (Å²) in [6.45, 7) is 5.61. The fourth-order valence-electron chi connectivity index (χ4n) is 2.48. The molecule has 136 valence electrons. The van der Waals surface area contributed by atoms with Crippen LogP contribution in [0.5, 0.6) is 0 Å². The van der Waals surface area contributed by atoms with Crippen molar-refractivity contribution in [2.24, 2.45) is 0 Å². The van der Waals surface area contributed by atoms with Gasteiger partial charge in [-0.1, -0.05) is 44.2 Å². The third kappa shape index (κ3) is 5.55. The monoisotopic (exact) mass is 355 g/mol. The molecule has 0 bridgehead atoms. The molecule has 2 aromatic carbocycles. The molecule has 1 N–H and O–H groups in total. The number of nitrogens with one attached hydrogen (secondary N) is 1. The molecule has 0 aromatic heterocycles. The van der Waals surface area contributed by atoms with E-state index in [-0.39, 0.29) is 11.7 Å². The Hall–Kier alpha value is -2.95. The second-order valence-electron chi connectivity index (χ2n) is 6.24. The first-order valence-corrected chi connectivity index (χ1v) is 8.36. The van der Waals surface area contributed by atoms with E-state index >= 15 is 0 Å². The molecule has 0 saturated heterocycles. The Kier molecular flexibility index (Phi) is 6.67. The summed E-state index contributed by atoms with van der Waals surface area (Å²) in [6, 6.07) is 11.6. The van der Waals surface area contributed by atoms with Crippen LogP contribution in [0.3, 0.4) is 0 Å². The van der Waals surface area contributed by atoms with Crippen LogP contribution in [0.4, 0.5) is 10.1 Å². The van der Waals surface area contributed by atoms with Crippen LogP contribution in [-0.2, 0) is 14.3 Å². The Morgan fingerprint density at radius 2 is 1.92 bits per heavy atom. The van der Waals surface area contributed by atoms with E-state index in [1.165, 1.54) is 18.2 Å². The maximum atomic E-state index is 13.1. The number of benzene rings is 2. The minimum atomic E-state index is -0.668. The summed E-state index contributed by atoms with van der Waals surface area (Å²) >= 11 is 0. The van der Waals surface area contributed by atoms with Crippen LogP contribution in [0, 0.1) is 12.7 Å². The molecule has 1 amide bonds. The van der Waals surface area contributed by atoms with Crippen LogP contribution < -0.4 is 5.32 Å². The lowest BCUT2D eigenvalue weighted by Crippen LogP contribution is -2.21. The zero-order chi connectivity index (χ0) is 19.1. The van der Waals surface area contributed by atoms with Gasteiger partial charge in [0.15, 0.2) is 6.61 Å². The zero-order valence-electron chi connectivity index (χ0n) is 15.1. The summed E-state index contributed by atoms with van der Waals surface area (Å²) in [5.74, 6) is -1.21. The molecule has 0 aliphatic heterocycles. The largest absolute Gasteiger partial charge is 0.452 e. The average molecular weight is 355 g/mol. The molecule has 2 rings (SSSR count). The van der Waals surface area contributed by atoms with Gasteiger partial charge in [0.25, 0.3) is 5.91 Å². The first kappa shape index (κ1) is 19.4. The van der Waals surface area contributed by atoms with Crippen molar-refractivity contribution >= 4 is 23.6 Å². The van der Waals surface area contributed by atoms with E-state index in [4.69, 9.17) is 4.74 Å². The van der Waals surface area contributed by atoms with Gasteiger partial charge in [0.05, 0.1) is 0 Å². The van der Waals surface area contributed by atoms with Crippen molar-refractivity contribution in [1.82, 2.24) is 0 Å². The third-order valence-electron chi connectivity index (χ3n) is 3.80. The molecule has 0 saturated carbocycles. The Morgan fingerprint density at radius 1 is 1.19 bits per heavy atom. The van der Waals surface area contributed by atoms with Crippen LogP contribution in [0.1, 0.15) is 36.5 Å². The molecule has 0 heterocycles. The predicted molar refractivity (Wildman–Crippen MR) is 100 cm³/mol. The van der Waals surface area contributed by atoms with E-state index in [0.717, 1.165) is 22.9 Å². The number of hydrogen-bond acceptors (Lipinski definition) is 3. The fourth-order valence-corrected chi connectivity index (χ4v) is 2.48. The number of hydrogen-bond donors (Lipinski definition) is 1. The van der Waals surface area contributed by atoms with Crippen molar-refractivity contribution in [2.75, 3.05) is 11.9 Å². The van der Waals surface area contributed by atoms with Gasteiger partial charge in [0.2, 0.25) is 0 Å². The molecular weight excluding hydrogens is 333 g/mol. The van der Waals surface area contributed by atoms with E-state index in [2.05, 4.69) is 5.32 Å². The van der Waals surface area contributed by atoms with Gasteiger partial charge in [-0.3, -0.25) is 4.79 Å². The number of carbonyl (C=O) groups is 2. The quantitative estimate of drug-likeness (QED) is 0.615. The molecule has 0 aliphatic carbocycles. The van der Waals surface area contributed by atoms with Gasteiger partial charge in [0.1, 0.15) is 5.82 Å². The maximum absolute atomic E-state index is 13.1. The van der Waals surface area contributed by atoms with Gasteiger partial charge >= 0.3 is 5.97 Å². The average Bonchev–Trinajstić information content (AvgIpc) is 2.59. The SMILES string of the molecule is Cc1cccc(C(C)C)c1NC(=O)COC(=O)/C=C/c1cccc(F)c1. The van der Waals surface area contributed by atoms with Gasteiger partial charge < -0.3 is 10.1 Å². The molecule has 0 aliphatic rings. The summed E-state index contributed by atoms with van der Waals surface area (Å²) in [4.78, 5) is 23.8. The highest BCUT2D eigenvalue weighted by Gasteiger charge is 2.13. The summed E-state index contributed by atoms with van der Waals surface area (Å²) in [5.41, 5.74) is 3.25. The van der Waals surface area contributed by atoms with Crippen molar-refractivity contribution in [1.29, 1.82) is 0 Å². The maximum Gasteiger partial charge on any atom is 0.331 e. The lowest BCUT2D eigenvalue weighted by atomic mass is 9.98. The molecule has 0 spiro atoms. The normalized spacial score (nSPS) is 11.0. The Bertz CT molecular complexity index is 828. The van der Waals surface area contributed by atoms with Crippen molar-refractivity contribution in [2.45, 2.75) is 26.7 Å². The number of anilines is 1. The second-order valence-corrected chi connectivity index (χ2v) is 6.24. The van der Waals surface area contributed by atoms with Crippen molar-refractivity contribution in [3.05, 3.63) is 71.0 Å². The minimum absolute atomic E-state index is 0.252. The van der Waals surface area contributed by atoms with E-state index in [1.807, 2.05) is 39.0 Å². The lowest BCUT2D eigenvalue weighted by molar-refractivity contribution is -0.142. The highest BCUT2D eigenvalue weighted by Crippen LogP contribution is 2.27. The molecule has 0 unspecified atom stereocenters. The fraction of sp³-hybridized carbons (Fsp3) is 0.238. The van der Waals surface area contributed by atoms with E-state index in [9.17, 15) is 14.0 Å². The minimum Gasteiger partial charge on any atom is -0.452 e. The topological polar surface area (TPSA) is 55.4 Å². The van der Waals surface area contributed by atoms with Crippen LogP contribution in [-0.4, -0.2) is 18.5 Å². The first-order chi connectivity index (χ1) is 12.4. The van der Waals surface area contributed by atoms with Crippen LogP contribution >= 0.6 is 0 Å².